The Morgan fingerprint density at radius 2 is 2.12 bits per heavy atom. The van der Waals surface area contributed by atoms with Crippen LogP contribution >= 0.6 is 0 Å². The molecule has 0 rings (SSSR count). The third kappa shape index (κ3) is 5.23. The Bertz CT molecular complexity index is 78.1. The van der Waals surface area contributed by atoms with Crippen LogP contribution in [0, 0.1) is 0 Å². The summed E-state index contributed by atoms with van der Waals surface area (Å²) in [5, 5.41) is 7.82. The Kier molecular flexibility index (Phi) is 2.95. The molecule has 0 aromatic carbocycles. The van der Waals surface area contributed by atoms with E-state index >= 15 is 0 Å². The molecule has 0 aliphatic rings. The summed E-state index contributed by atoms with van der Waals surface area (Å²) in [6.07, 6.45) is -1.63. The van der Waals surface area contributed by atoms with Gasteiger partial charge in [-0.2, -0.15) is 4.89 Å². The van der Waals surface area contributed by atoms with E-state index in [0.29, 0.717) is 0 Å². The molecule has 0 fully saturated rings. The zero-order valence-electron chi connectivity index (χ0n) is 4.75. The molecule has 0 aliphatic carbocycles. The van der Waals surface area contributed by atoms with E-state index in [1.165, 1.54) is 0 Å². The molecule has 0 saturated heterocycles. The maximum atomic E-state index is 9.56. The molecule has 0 spiro atoms. The molecule has 48 valence electrons. The molecule has 0 aromatic rings. The molecule has 0 bridgehead atoms. The quantitative estimate of drug-likeness (QED) is 0.436. The van der Waals surface area contributed by atoms with Crippen molar-refractivity contribution in [3.8, 4) is 0 Å². The van der Waals surface area contributed by atoms with Crippen molar-refractivity contribution in [2.45, 2.75) is 20.0 Å². The van der Waals surface area contributed by atoms with E-state index < -0.39 is 6.16 Å². The van der Waals surface area contributed by atoms with Crippen LogP contribution < -0.4 is 0 Å². The summed E-state index contributed by atoms with van der Waals surface area (Å²) in [7, 11) is 0. The average molecular weight is 120 g/mol. The minimum absolute atomic E-state index is 0.217. The summed E-state index contributed by atoms with van der Waals surface area (Å²) in [5.74, 6) is 0. The summed E-state index contributed by atoms with van der Waals surface area (Å²) in [4.78, 5) is 17.5. The summed E-state index contributed by atoms with van der Waals surface area (Å²) >= 11 is 0. The first kappa shape index (κ1) is 7.23. The highest BCUT2D eigenvalue weighted by Crippen LogP contribution is 1.87. The van der Waals surface area contributed by atoms with Gasteiger partial charge >= 0.3 is 6.16 Å². The Morgan fingerprint density at radius 1 is 1.62 bits per heavy atom. The van der Waals surface area contributed by atoms with Crippen LogP contribution in [-0.2, 0) is 9.78 Å². The first-order valence-corrected chi connectivity index (χ1v) is 2.19. The SMILES string of the molecule is CC(C)OOC(=O)O. The van der Waals surface area contributed by atoms with Crippen LogP contribution in [0.25, 0.3) is 0 Å². The van der Waals surface area contributed by atoms with Gasteiger partial charge in [0.25, 0.3) is 0 Å². The lowest BCUT2D eigenvalue weighted by Gasteiger charge is -2.00. The van der Waals surface area contributed by atoms with Crippen LogP contribution in [0.15, 0.2) is 0 Å². The predicted octanol–water partition coefficient (Wildman–Crippen LogP) is 1.02. The van der Waals surface area contributed by atoms with Gasteiger partial charge in [0, 0.05) is 0 Å². The standard InChI is InChI=1S/C4H8O4/c1-3(2)7-8-4(5)6/h3H,1-2H3,(H,5,6). The number of hydrogen-bond acceptors (Lipinski definition) is 3. The maximum Gasteiger partial charge on any atom is 0.537 e. The van der Waals surface area contributed by atoms with Crippen molar-refractivity contribution >= 4 is 6.16 Å². The summed E-state index contributed by atoms with van der Waals surface area (Å²) in [6, 6.07) is 0. The highest BCUT2D eigenvalue weighted by atomic mass is 17.2. The lowest BCUT2D eigenvalue weighted by molar-refractivity contribution is -0.274. The fraction of sp³-hybridized carbons (Fsp3) is 0.750. The molecule has 1 N–H and O–H groups in total. The predicted molar refractivity (Wildman–Crippen MR) is 25.3 cm³/mol. The number of rotatable bonds is 2. The molecule has 0 saturated carbocycles. The van der Waals surface area contributed by atoms with Crippen molar-refractivity contribution in [3.63, 3.8) is 0 Å². The second-order valence-corrected chi connectivity index (χ2v) is 1.49. The molecule has 8 heavy (non-hydrogen) atoms. The van der Waals surface area contributed by atoms with Gasteiger partial charge < -0.3 is 5.11 Å². The minimum atomic E-state index is -1.42. The number of carbonyl (C=O) groups is 1. The molecular formula is C4H8O4. The van der Waals surface area contributed by atoms with Crippen LogP contribution in [0.4, 0.5) is 4.79 Å². The maximum absolute atomic E-state index is 9.56. The van der Waals surface area contributed by atoms with E-state index in [-0.39, 0.29) is 6.10 Å². The van der Waals surface area contributed by atoms with E-state index in [4.69, 9.17) is 5.11 Å². The van der Waals surface area contributed by atoms with Crippen LogP contribution in [-0.4, -0.2) is 17.4 Å². The Balaban J connectivity index is 3.05. The smallest absolute Gasteiger partial charge is 0.448 e. The zero-order valence-corrected chi connectivity index (χ0v) is 4.75. The zero-order chi connectivity index (χ0) is 6.57. The van der Waals surface area contributed by atoms with E-state index in [2.05, 4.69) is 9.78 Å². The summed E-state index contributed by atoms with van der Waals surface area (Å²) in [6.45, 7) is 3.34. The molecule has 0 amide bonds. The molecule has 0 atom stereocenters. The number of hydrogen-bond donors (Lipinski definition) is 1. The number of carboxylic acid groups (broad SMARTS) is 1. The van der Waals surface area contributed by atoms with Gasteiger partial charge in [0.2, 0.25) is 0 Å². The van der Waals surface area contributed by atoms with Crippen LogP contribution in [0.2, 0.25) is 0 Å². The van der Waals surface area contributed by atoms with E-state index in [9.17, 15) is 4.79 Å². The van der Waals surface area contributed by atoms with Crippen LogP contribution in [0.5, 0.6) is 0 Å². The minimum Gasteiger partial charge on any atom is -0.448 e. The van der Waals surface area contributed by atoms with Crippen molar-refractivity contribution in [2.75, 3.05) is 0 Å². The van der Waals surface area contributed by atoms with Crippen molar-refractivity contribution in [1.82, 2.24) is 0 Å². The normalized spacial score (nSPS) is 9.38. The fourth-order valence-electron chi connectivity index (χ4n) is 0.137. The van der Waals surface area contributed by atoms with E-state index in [0.717, 1.165) is 0 Å². The largest absolute Gasteiger partial charge is 0.537 e. The average Bonchev–Trinajstić information content (AvgIpc) is 1.61. The molecule has 0 heterocycles. The summed E-state index contributed by atoms with van der Waals surface area (Å²) in [5.41, 5.74) is 0. The van der Waals surface area contributed by atoms with Gasteiger partial charge in [0.15, 0.2) is 0 Å². The third-order valence-corrected chi connectivity index (χ3v) is 0.312. The second-order valence-electron chi connectivity index (χ2n) is 1.49. The molecule has 0 aromatic heterocycles. The lowest BCUT2D eigenvalue weighted by atomic mass is 10.5. The van der Waals surface area contributed by atoms with Gasteiger partial charge in [-0.05, 0) is 13.8 Å². The molecule has 0 aliphatic heterocycles. The molecule has 0 radical (unpaired) electrons. The Hall–Kier alpha value is -0.770. The first-order valence-electron chi connectivity index (χ1n) is 2.19. The molecular weight excluding hydrogens is 112 g/mol. The Morgan fingerprint density at radius 3 is 2.25 bits per heavy atom. The van der Waals surface area contributed by atoms with Gasteiger partial charge in [0.1, 0.15) is 0 Å². The van der Waals surface area contributed by atoms with Crippen LogP contribution in [0.1, 0.15) is 13.8 Å². The third-order valence-electron chi connectivity index (χ3n) is 0.312. The topological polar surface area (TPSA) is 55.8 Å². The van der Waals surface area contributed by atoms with Gasteiger partial charge in [-0.25, -0.2) is 4.79 Å². The fourth-order valence-corrected chi connectivity index (χ4v) is 0.137. The van der Waals surface area contributed by atoms with Crippen molar-refractivity contribution in [3.05, 3.63) is 0 Å². The highest BCUT2D eigenvalue weighted by Gasteiger charge is 1.98. The molecule has 0 unspecified atom stereocenters. The summed E-state index contributed by atoms with van der Waals surface area (Å²) < 4.78 is 0. The van der Waals surface area contributed by atoms with Gasteiger partial charge in [-0.3, -0.25) is 4.89 Å². The van der Waals surface area contributed by atoms with Gasteiger partial charge in [-0.15, -0.1) is 0 Å². The monoisotopic (exact) mass is 120 g/mol. The molecule has 4 nitrogen and oxygen atoms in total. The first-order chi connectivity index (χ1) is 3.63. The lowest BCUT2D eigenvalue weighted by Crippen LogP contribution is -2.07. The Labute approximate surface area is 46.9 Å². The second kappa shape index (κ2) is 3.26. The van der Waals surface area contributed by atoms with Crippen LogP contribution in [0.3, 0.4) is 0 Å². The van der Waals surface area contributed by atoms with Crippen molar-refractivity contribution in [1.29, 1.82) is 0 Å². The van der Waals surface area contributed by atoms with Crippen molar-refractivity contribution in [2.24, 2.45) is 0 Å². The molecule has 4 heteroatoms. The van der Waals surface area contributed by atoms with Gasteiger partial charge in [0.05, 0.1) is 6.10 Å². The van der Waals surface area contributed by atoms with Gasteiger partial charge in [-0.1, -0.05) is 0 Å². The van der Waals surface area contributed by atoms with Crippen molar-refractivity contribution < 1.29 is 19.7 Å². The highest BCUT2D eigenvalue weighted by molar-refractivity contribution is 5.55. The van der Waals surface area contributed by atoms with E-state index in [1.807, 2.05) is 0 Å². The van der Waals surface area contributed by atoms with E-state index in [1.54, 1.807) is 13.8 Å².